The van der Waals surface area contributed by atoms with Crippen LogP contribution in [0.1, 0.15) is 32.0 Å². The van der Waals surface area contributed by atoms with Crippen LogP contribution in [-0.2, 0) is 0 Å². The molecule has 9 heteroatoms. The predicted octanol–water partition coefficient (Wildman–Crippen LogP) is 3.58. The minimum absolute atomic E-state index is 0.181. The molecule has 0 fully saturated rings. The van der Waals surface area contributed by atoms with Crippen LogP contribution < -0.4 is 10.6 Å². The first-order valence-corrected chi connectivity index (χ1v) is 9.54. The highest BCUT2D eigenvalue weighted by Gasteiger charge is 2.22. The van der Waals surface area contributed by atoms with Crippen LogP contribution in [0.4, 0.5) is 5.69 Å². The first kappa shape index (κ1) is 20.6. The molecule has 0 saturated heterocycles. The van der Waals surface area contributed by atoms with Crippen molar-refractivity contribution in [1.82, 2.24) is 20.1 Å². The van der Waals surface area contributed by atoms with Gasteiger partial charge in [-0.15, -0.1) is 6.42 Å². The van der Waals surface area contributed by atoms with Crippen molar-refractivity contribution < 1.29 is 9.59 Å². The molecule has 29 heavy (non-hydrogen) atoms. The molecular weight excluding hydrogens is 458 g/mol. The van der Waals surface area contributed by atoms with Crippen molar-refractivity contribution in [3.63, 3.8) is 0 Å². The van der Waals surface area contributed by atoms with Gasteiger partial charge in [0.2, 0.25) is 0 Å². The second-order valence-electron chi connectivity index (χ2n) is 5.97. The summed E-state index contributed by atoms with van der Waals surface area (Å²) in [7, 11) is 1.50. The lowest BCUT2D eigenvalue weighted by Gasteiger charge is -2.15. The molecular formula is C20H15BrClN5O2. The van der Waals surface area contributed by atoms with Crippen LogP contribution >= 0.6 is 27.5 Å². The third-order valence-corrected chi connectivity index (χ3v) is 4.75. The van der Waals surface area contributed by atoms with Gasteiger partial charge in [0.05, 0.1) is 16.3 Å². The summed E-state index contributed by atoms with van der Waals surface area (Å²) >= 11 is 9.48. The van der Waals surface area contributed by atoms with Gasteiger partial charge in [0.15, 0.2) is 5.82 Å². The van der Waals surface area contributed by atoms with E-state index >= 15 is 0 Å². The molecule has 2 N–H and O–H groups in total. The Morgan fingerprint density at radius 2 is 2.03 bits per heavy atom. The Kier molecular flexibility index (Phi) is 6.01. The highest BCUT2D eigenvalue weighted by atomic mass is 79.9. The molecule has 0 atom stereocenters. The largest absolute Gasteiger partial charge is 0.355 e. The Labute approximate surface area is 180 Å². The van der Waals surface area contributed by atoms with Crippen LogP contribution in [-0.4, -0.2) is 33.6 Å². The highest BCUT2D eigenvalue weighted by Crippen LogP contribution is 2.26. The number of benzene rings is 1. The molecule has 0 saturated carbocycles. The quantitative estimate of drug-likeness (QED) is 0.568. The Balaban J connectivity index is 2.06. The van der Waals surface area contributed by atoms with Gasteiger partial charge in [-0.25, -0.2) is 9.67 Å². The van der Waals surface area contributed by atoms with E-state index in [2.05, 4.69) is 42.6 Å². The van der Waals surface area contributed by atoms with Gasteiger partial charge in [0, 0.05) is 24.9 Å². The predicted molar refractivity (Wildman–Crippen MR) is 115 cm³/mol. The zero-order valence-electron chi connectivity index (χ0n) is 15.5. The van der Waals surface area contributed by atoms with Crippen LogP contribution in [0.15, 0.2) is 41.1 Å². The number of carbonyl (C=O) groups excluding carboxylic acids is 2. The molecule has 2 heterocycles. The van der Waals surface area contributed by atoms with E-state index in [-0.39, 0.29) is 17.2 Å². The molecule has 0 spiro atoms. The fourth-order valence-electron chi connectivity index (χ4n) is 2.74. The summed E-state index contributed by atoms with van der Waals surface area (Å²) in [6.07, 6.45) is 7.01. The van der Waals surface area contributed by atoms with Gasteiger partial charge in [0.1, 0.15) is 10.3 Å². The summed E-state index contributed by atoms with van der Waals surface area (Å²) in [5, 5.41) is 9.91. The fraction of sp³-hybridized carbons (Fsp3) is 0.100. The van der Waals surface area contributed by atoms with E-state index in [1.165, 1.54) is 17.8 Å². The van der Waals surface area contributed by atoms with Crippen molar-refractivity contribution in [2.24, 2.45) is 0 Å². The Bertz CT molecular complexity index is 1170. The second-order valence-corrected chi connectivity index (χ2v) is 7.19. The van der Waals surface area contributed by atoms with Gasteiger partial charge < -0.3 is 10.6 Å². The van der Waals surface area contributed by atoms with E-state index < -0.39 is 5.91 Å². The lowest BCUT2D eigenvalue weighted by atomic mass is 10.0. The summed E-state index contributed by atoms with van der Waals surface area (Å²) in [6.45, 7) is 1.76. The normalized spacial score (nSPS) is 10.3. The van der Waals surface area contributed by atoms with E-state index in [1.54, 1.807) is 37.4 Å². The zero-order valence-corrected chi connectivity index (χ0v) is 17.8. The number of aryl methyl sites for hydroxylation is 1. The fourth-order valence-corrected chi connectivity index (χ4v) is 3.31. The standard InChI is InChI=1S/C20H15BrClN5O2/c1-4-12-8-11(2)17(13(9-12)19(28)23-3)25-20(29)15-10-16(21)26-27(15)18-14(22)6-5-7-24-18/h1,5-10H,2-3H3,(H,23,28)(H,25,29). The second kappa shape index (κ2) is 8.47. The number of amides is 2. The molecule has 2 aromatic heterocycles. The highest BCUT2D eigenvalue weighted by molar-refractivity contribution is 9.10. The van der Waals surface area contributed by atoms with Crippen LogP contribution in [0.5, 0.6) is 0 Å². The molecule has 0 aliphatic heterocycles. The van der Waals surface area contributed by atoms with Gasteiger partial charge in [-0.2, -0.15) is 5.10 Å². The van der Waals surface area contributed by atoms with E-state index in [4.69, 9.17) is 18.0 Å². The Morgan fingerprint density at radius 1 is 1.28 bits per heavy atom. The van der Waals surface area contributed by atoms with E-state index in [1.807, 2.05) is 0 Å². The number of aromatic nitrogens is 3. The van der Waals surface area contributed by atoms with Crippen molar-refractivity contribution >= 4 is 45.0 Å². The van der Waals surface area contributed by atoms with Crippen LogP contribution in [0, 0.1) is 19.3 Å². The minimum atomic E-state index is -0.494. The number of terminal acetylenes is 1. The van der Waals surface area contributed by atoms with Crippen molar-refractivity contribution in [2.45, 2.75) is 6.92 Å². The number of halogens is 2. The summed E-state index contributed by atoms with van der Waals surface area (Å²) in [4.78, 5) is 29.6. The van der Waals surface area contributed by atoms with Crippen LogP contribution in [0.25, 0.3) is 5.82 Å². The van der Waals surface area contributed by atoms with Gasteiger partial charge in [-0.3, -0.25) is 9.59 Å². The maximum Gasteiger partial charge on any atom is 0.274 e. The molecule has 7 nitrogen and oxygen atoms in total. The Hall–Kier alpha value is -3.15. The Morgan fingerprint density at radius 3 is 2.69 bits per heavy atom. The molecule has 3 aromatic rings. The molecule has 0 aliphatic carbocycles. The number of hydrogen-bond acceptors (Lipinski definition) is 4. The van der Waals surface area contributed by atoms with Gasteiger partial charge >= 0.3 is 0 Å². The summed E-state index contributed by atoms with van der Waals surface area (Å²) in [5.41, 5.74) is 1.97. The number of anilines is 1. The van der Waals surface area contributed by atoms with Crippen molar-refractivity contribution in [3.8, 4) is 18.2 Å². The smallest absolute Gasteiger partial charge is 0.274 e. The molecule has 0 aliphatic rings. The number of nitrogens with zero attached hydrogens (tertiary/aromatic N) is 3. The maximum absolute atomic E-state index is 13.1. The third-order valence-electron chi connectivity index (χ3n) is 4.06. The molecule has 0 unspecified atom stereocenters. The SMILES string of the molecule is C#Cc1cc(C)c(NC(=O)c2cc(Br)nn2-c2ncccc2Cl)c(C(=O)NC)c1. The third kappa shape index (κ3) is 4.16. The average Bonchev–Trinajstić information content (AvgIpc) is 3.10. The van der Waals surface area contributed by atoms with E-state index in [0.717, 1.165) is 0 Å². The van der Waals surface area contributed by atoms with Gasteiger partial charge in [0.25, 0.3) is 11.8 Å². The topological polar surface area (TPSA) is 88.9 Å². The van der Waals surface area contributed by atoms with Gasteiger partial charge in [-0.1, -0.05) is 17.5 Å². The molecule has 1 aromatic carbocycles. The number of carbonyl (C=O) groups is 2. The number of nitrogens with one attached hydrogen (secondary N) is 2. The summed E-state index contributed by atoms with van der Waals surface area (Å²) < 4.78 is 1.75. The van der Waals surface area contributed by atoms with Gasteiger partial charge in [-0.05, 0) is 52.7 Å². The van der Waals surface area contributed by atoms with Crippen LogP contribution in [0.3, 0.4) is 0 Å². The molecule has 0 radical (unpaired) electrons. The monoisotopic (exact) mass is 471 g/mol. The van der Waals surface area contributed by atoms with Crippen molar-refractivity contribution in [3.05, 3.63) is 68.5 Å². The number of pyridine rings is 1. The van der Waals surface area contributed by atoms with E-state index in [9.17, 15) is 9.59 Å². The number of hydrogen-bond donors (Lipinski definition) is 2. The maximum atomic E-state index is 13.1. The molecule has 2 amide bonds. The number of rotatable bonds is 4. The summed E-state index contributed by atoms with van der Waals surface area (Å²) in [5.74, 6) is 1.94. The van der Waals surface area contributed by atoms with Crippen molar-refractivity contribution in [2.75, 3.05) is 12.4 Å². The van der Waals surface area contributed by atoms with Crippen molar-refractivity contribution in [1.29, 1.82) is 0 Å². The zero-order chi connectivity index (χ0) is 21.1. The molecule has 3 rings (SSSR count). The molecule has 146 valence electrons. The lowest BCUT2D eigenvalue weighted by Crippen LogP contribution is -2.24. The first-order chi connectivity index (χ1) is 13.8. The van der Waals surface area contributed by atoms with E-state index in [0.29, 0.717) is 32.3 Å². The van der Waals surface area contributed by atoms with Crippen LogP contribution in [0.2, 0.25) is 5.02 Å². The lowest BCUT2D eigenvalue weighted by molar-refractivity contribution is 0.0964. The minimum Gasteiger partial charge on any atom is -0.355 e. The first-order valence-electron chi connectivity index (χ1n) is 8.36. The summed E-state index contributed by atoms with van der Waals surface area (Å²) in [6, 6.07) is 8.11. The average molecular weight is 473 g/mol. The molecule has 0 bridgehead atoms.